The molecule has 0 spiro atoms. The topological polar surface area (TPSA) is 105 Å². The Kier molecular flexibility index (Phi) is 5.97. The van der Waals surface area contributed by atoms with Gasteiger partial charge in [-0.1, -0.05) is 29.8 Å². The monoisotopic (exact) mass is 443 g/mol. The molecule has 0 saturated carbocycles. The van der Waals surface area contributed by atoms with Crippen molar-refractivity contribution in [3.63, 3.8) is 0 Å². The summed E-state index contributed by atoms with van der Waals surface area (Å²) < 4.78 is 32.8. The van der Waals surface area contributed by atoms with Crippen molar-refractivity contribution >= 4 is 27.5 Å². The summed E-state index contributed by atoms with van der Waals surface area (Å²) >= 11 is 0. The summed E-state index contributed by atoms with van der Waals surface area (Å²) in [6.07, 6.45) is 0.924. The van der Waals surface area contributed by atoms with Crippen molar-refractivity contribution in [2.45, 2.75) is 31.2 Å². The molecule has 2 amide bonds. The molecule has 0 radical (unpaired) electrons. The molecule has 2 heterocycles. The summed E-state index contributed by atoms with van der Waals surface area (Å²) in [5, 5.41) is 5.58. The maximum atomic E-state index is 13.0. The van der Waals surface area contributed by atoms with Gasteiger partial charge in [-0.05, 0) is 43.5 Å². The van der Waals surface area contributed by atoms with Crippen LogP contribution in [0.15, 0.2) is 47.4 Å². The molecular formula is C22H25N3O5S. The number of hydrogen-bond acceptors (Lipinski definition) is 5. The van der Waals surface area contributed by atoms with Gasteiger partial charge < -0.3 is 15.4 Å². The summed E-state index contributed by atoms with van der Waals surface area (Å²) in [6.45, 7) is 2.92. The zero-order valence-corrected chi connectivity index (χ0v) is 18.1. The highest BCUT2D eigenvalue weighted by molar-refractivity contribution is 7.89. The van der Waals surface area contributed by atoms with Gasteiger partial charge in [0.1, 0.15) is 5.75 Å². The lowest BCUT2D eigenvalue weighted by Gasteiger charge is -2.31. The van der Waals surface area contributed by atoms with Crippen molar-refractivity contribution in [1.82, 2.24) is 9.62 Å². The lowest BCUT2D eigenvalue weighted by molar-refractivity contribution is -0.126. The number of hydrogen-bond donors (Lipinski definition) is 2. The third-order valence-corrected chi connectivity index (χ3v) is 7.53. The average molecular weight is 444 g/mol. The maximum absolute atomic E-state index is 13.0. The highest BCUT2D eigenvalue weighted by Gasteiger charge is 2.32. The Bertz CT molecular complexity index is 1090. The number of anilines is 1. The molecular weight excluding hydrogens is 418 g/mol. The first-order valence-corrected chi connectivity index (χ1v) is 11.7. The predicted octanol–water partition coefficient (Wildman–Crippen LogP) is 2.04. The van der Waals surface area contributed by atoms with Gasteiger partial charge in [0.25, 0.3) is 5.91 Å². The molecule has 1 fully saturated rings. The molecule has 1 saturated heterocycles. The number of carbonyl (C=O) groups excluding carboxylic acids is 2. The van der Waals surface area contributed by atoms with E-state index in [-0.39, 0.29) is 42.3 Å². The van der Waals surface area contributed by atoms with Gasteiger partial charge in [0.15, 0.2) is 6.61 Å². The van der Waals surface area contributed by atoms with Gasteiger partial charge in [0.05, 0.1) is 10.6 Å². The second-order valence-electron chi connectivity index (χ2n) is 7.88. The fraction of sp³-hybridized carbons (Fsp3) is 0.364. The molecule has 4 rings (SSSR count). The quantitative estimate of drug-likeness (QED) is 0.736. The number of fused-ring (bicyclic) bond motifs is 1. The van der Waals surface area contributed by atoms with Crippen LogP contribution >= 0.6 is 0 Å². The minimum atomic E-state index is -3.73. The summed E-state index contributed by atoms with van der Waals surface area (Å²) in [7, 11) is -3.73. The van der Waals surface area contributed by atoms with Gasteiger partial charge in [-0.3, -0.25) is 9.59 Å². The number of piperidine rings is 1. The van der Waals surface area contributed by atoms with E-state index in [1.54, 1.807) is 6.07 Å². The largest absolute Gasteiger partial charge is 0.482 e. The number of carbonyl (C=O) groups is 2. The Morgan fingerprint density at radius 2 is 1.87 bits per heavy atom. The number of benzene rings is 2. The fourth-order valence-electron chi connectivity index (χ4n) is 3.77. The molecule has 2 aromatic carbocycles. The second-order valence-corrected chi connectivity index (χ2v) is 9.81. The highest BCUT2D eigenvalue weighted by atomic mass is 32.2. The molecule has 8 nitrogen and oxygen atoms in total. The van der Waals surface area contributed by atoms with Gasteiger partial charge in [-0.15, -0.1) is 0 Å². The molecule has 0 unspecified atom stereocenters. The number of ether oxygens (including phenoxy) is 1. The zero-order valence-electron chi connectivity index (χ0n) is 17.3. The van der Waals surface area contributed by atoms with Crippen LogP contribution in [0.25, 0.3) is 0 Å². The van der Waals surface area contributed by atoms with E-state index < -0.39 is 10.0 Å². The van der Waals surface area contributed by atoms with Crippen molar-refractivity contribution in [3.05, 3.63) is 53.6 Å². The third-order valence-electron chi connectivity index (χ3n) is 5.63. The lowest BCUT2D eigenvalue weighted by atomic mass is 9.97. The van der Waals surface area contributed by atoms with Crippen molar-refractivity contribution in [2.24, 2.45) is 5.92 Å². The van der Waals surface area contributed by atoms with E-state index in [0.717, 1.165) is 11.1 Å². The number of nitrogens with zero attached hydrogens (tertiary/aromatic N) is 1. The Labute approximate surface area is 181 Å². The molecule has 0 aliphatic carbocycles. The molecule has 2 aromatic rings. The summed E-state index contributed by atoms with van der Waals surface area (Å²) in [5.41, 5.74) is 2.54. The van der Waals surface area contributed by atoms with Gasteiger partial charge in [0, 0.05) is 25.6 Å². The van der Waals surface area contributed by atoms with Crippen LogP contribution in [-0.2, 0) is 26.2 Å². The van der Waals surface area contributed by atoms with Crippen LogP contribution < -0.4 is 15.4 Å². The second kappa shape index (κ2) is 8.68. The summed E-state index contributed by atoms with van der Waals surface area (Å²) in [5.74, 6) is -0.138. The molecule has 2 aliphatic heterocycles. The predicted molar refractivity (Wildman–Crippen MR) is 115 cm³/mol. The van der Waals surface area contributed by atoms with Crippen molar-refractivity contribution in [1.29, 1.82) is 0 Å². The van der Waals surface area contributed by atoms with Crippen LogP contribution in [0.3, 0.4) is 0 Å². The van der Waals surface area contributed by atoms with Crippen LogP contribution in [0.4, 0.5) is 5.69 Å². The maximum Gasteiger partial charge on any atom is 0.262 e. The van der Waals surface area contributed by atoms with Gasteiger partial charge >= 0.3 is 0 Å². The van der Waals surface area contributed by atoms with Crippen molar-refractivity contribution in [3.8, 4) is 5.75 Å². The fourth-order valence-corrected chi connectivity index (χ4v) is 5.27. The van der Waals surface area contributed by atoms with Crippen LogP contribution in [0.2, 0.25) is 0 Å². The first-order chi connectivity index (χ1) is 14.8. The Morgan fingerprint density at radius 3 is 2.58 bits per heavy atom. The summed E-state index contributed by atoms with van der Waals surface area (Å²) in [4.78, 5) is 24.1. The number of amides is 2. The number of rotatable bonds is 5. The molecule has 0 atom stereocenters. The molecule has 2 aliphatic rings. The Hall–Kier alpha value is -2.91. The van der Waals surface area contributed by atoms with E-state index in [9.17, 15) is 18.0 Å². The average Bonchev–Trinajstić information content (AvgIpc) is 2.78. The molecule has 0 bridgehead atoms. The molecule has 164 valence electrons. The minimum Gasteiger partial charge on any atom is -0.482 e. The van der Waals surface area contributed by atoms with E-state index >= 15 is 0 Å². The smallest absolute Gasteiger partial charge is 0.262 e. The molecule has 9 heteroatoms. The SMILES string of the molecule is Cc1ccc(CNC(=O)C2CCN(S(=O)(=O)c3ccc4c(c3)NC(=O)CO4)CC2)cc1. The van der Waals surface area contributed by atoms with Crippen LogP contribution in [-0.4, -0.2) is 44.2 Å². The Balaban J connectivity index is 1.35. The standard InChI is InChI=1S/C22H25N3O5S/c1-15-2-4-16(5-3-15)13-23-22(27)17-8-10-25(11-9-17)31(28,29)18-6-7-20-19(12-18)24-21(26)14-30-20/h2-7,12,17H,8-11,13-14H2,1H3,(H,23,27)(H,24,26). The van der Waals surface area contributed by atoms with Crippen LogP contribution in [0, 0.1) is 12.8 Å². The van der Waals surface area contributed by atoms with Gasteiger partial charge in [-0.25, -0.2) is 8.42 Å². The molecule has 0 aromatic heterocycles. The van der Waals surface area contributed by atoms with E-state index in [2.05, 4.69) is 10.6 Å². The van der Waals surface area contributed by atoms with E-state index in [4.69, 9.17) is 4.74 Å². The number of sulfonamides is 1. The van der Waals surface area contributed by atoms with E-state index in [1.807, 2.05) is 31.2 Å². The molecule has 31 heavy (non-hydrogen) atoms. The van der Waals surface area contributed by atoms with Crippen LogP contribution in [0.1, 0.15) is 24.0 Å². The van der Waals surface area contributed by atoms with Gasteiger partial charge in [-0.2, -0.15) is 4.31 Å². The first kappa shape index (κ1) is 21.3. The van der Waals surface area contributed by atoms with E-state index in [1.165, 1.54) is 16.4 Å². The van der Waals surface area contributed by atoms with Crippen molar-refractivity contribution < 1.29 is 22.7 Å². The third kappa shape index (κ3) is 4.72. The van der Waals surface area contributed by atoms with E-state index in [0.29, 0.717) is 30.8 Å². The Morgan fingerprint density at radius 1 is 1.16 bits per heavy atom. The first-order valence-electron chi connectivity index (χ1n) is 10.2. The highest BCUT2D eigenvalue weighted by Crippen LogP contribution is 2.32. The number of nitrogens with one attached hydrogen (secondary N) is 2. The minimum absolute atomic E-state index is 0.0498. The number of aryl methyl sites for hydroxylation is 1. The van der Waals surface area contributed by atoms with Gasteiger partial charge in [0.2, 0.25) is 15.9 Å². The van der Waals surface area contributed by atoms with Crippen molar-refractivity contribution in [2.75, 3.05) is 25.0 Å². The lowest BCUT2D eigenvalue weighted by Crippen LogP contribution is -2.42. The zero-order chi connectivity index (χ0) is 22.0. The van der Waals surface area contributed by atoms with Crippen LogP contribution in [0.5, 0.6) is 5.75 Å². The summed E-state index contributed by atoms with van der Waals surface area (Å²) in [6, 6.07) is 12.4. The molecule has 2 N–H and O–H groups in total. The normalized spacial score (nSPS) is 17.4.